The number of rotatable bonds is 6. The van der Waals surface area contributed by atoms with Crippen molar-refractivity contribution in [2.45, 2.75) is 26.3 Å². The predicted octanol–water partition coefficient (Wildman–Crippen LogP) is 5.85. The Labute approximate surface area is 180 Å². The second-order valence-electron chi connectivity index (χ2n) is 6.89. The van der Waals surface area contributed by atoms with Crippen molar-refractivity contribution >= 4 is 23.2 Å². The van der Waals surface area contributed by atoms with Gasteiger partial charge in [-0.25, -0.2) is 9.97 Å². The Bertz CT molecular complexity index is 1120. The average Bonchev–Trinajstić information content (AvgIpc) is 3.14. The maximum absolute atomic E-state index is 6.14. The Morgan fingerprint density at radius 2 is 1.62 bits per heavy atom. The van der Waals surface area contributed by atoms with Gasteiger partial charge >= 0.3 is 0 Å². The maximum Gasteiger partial charge on any atom is 0.159 e. The molecule has 0 unspecified atom stereocenters. The van der Waals surface area contributed by atoms with Crippen LogP contribution in [0, 0.1) is 0 Å². The molecule has 0 aliphatic carbocycles. The minimum Gasteiger partial charge on any atom is -0.267 e. The van der Waals surface area contributed by atoms with E-state index < -0.39 is 0 Å². The molecule has 2 aromatic heterocycles. The predicted molar refractivity (Wildman–Crippen MR) is 117 cm³/mol. The number of benzene rings is 2. The molecule has 0 aliphatic rings. The molecule has 0 saturated heterocycles. The van der Waals surface area contributed by atoms with Crippen LogP contribution in [0.15, 0.2) is 67.0 Å². The van der Waals surface area contributed by atoms with E-state index in [2.05, 4.69) is 47.3 Å². The van der Waals surface area contributed by atoms with Crippen LogP contribution in [0.2, 0.25) is 10.0 Å². The van der Waals surface area contributed by atoms with Crippen LogP contribution in [0.1, 0.15) is 29.4 Å². The molecular weight excluding hydrogens is 403 g/mol. The van der Waals surface area contributed by atoms with Crippen LogP contribution in [-0.2, 0) is 19.4 Å². The van der Waals surface area contributed by atoms with E-state index in [1.807, 2.05) is 35.1 Å². The van der Waals surface area contributed by atoms with Gasteiger partial charge in [-0.3, -0.25) is 4.68 Å². The van der Waals surface area contributed by atoms with Crippen molar-refractivity contribution in [1.29, 1.82) is 0 Å². The second-order valence-corrected chi connectivity index (χ2v) is 7.76. The van der Waals surface area contributed by atoms with Crippen molar-refractivity contribution in [2.75, 3.05) is 0 Å². The Morgan fingerprint density at radius 1 is 0.862 bits per heavy atom. The Kier molecular flexibility index (Phi) is 5.93. The lowest BCUT2D eigenvalue weighted by molar-refractivity contribution is 0.686. The van der Waals surface area contributed by atoms with Gasteiger partial charge in [-0.15, -0.1) is 0 Å². The van der Waals surface area contributed by atoms with Crippen molar-refractivity contribution in [3.8, 4) is 11.4 Å². The first-order chi connectivity index (χ1) is 14.1. The fourth-order valence-corrected chi connectivity index (χ4v) is 3.51. The Hall–Kier alpha value is -2.69. The molecule has 6 heteroatoms. The quantitative estimate of drug-likeness (QED) is 0.391. The van der Waals surface area contributed by atoms with Crippen molar-refractivity contribution in [3.63, 3.8) is 0 Å². The number of halogens is 2. The average molecular weight is 423 g/mol. The van der Waals surface area contributed by atoms with Crippen LogP contribution in [0.5, 0.6) is 0 Å². The fraction of sp³-hybridized carbons (Fsp3) is 0.174. The van der Waals surface area contributed by atoms with Gasteiger partial charge in [-0.1, -0.05) is 66.5 Å². The van der Waals surface area contributed by atoms with Crippen molar-refractivity contribution in [1.82, 2.24) is 19.7 Å². The highest BCUT2D eigenvalue weighted by Gasteiger charge is 2.08. The summed E-state index contributed by atoms with van der Waals surface area (Å²) in [5.41, 5.74) is 5.33. The van der Waals surface area contributed by atoms with E-state index in [9.17, 15) is 0 Å². The van der Waals surface area contributed by atoms with Gasteiger partial charge in [0, 0.05) is 34.6 Å². The van der Waals surface area contributed by atoms with Gasteiger partial charge in [0.1, 0.15) is 0 Å². The standard InChI is InChI=1S/C23H20Cl2N4/c1-2-21-12-22(28-23(27-21)18-4-3-5-19(24)11-18)10-16-6-8-17(9-7-16)14-29-15-20(25)13-26-29/h3-9,11-13,15H,2,10,14H2,1H3. The van der Waals surface area contributed by atoms with Gasteiger partial charge in [0.25, 0.3) is 0 Å². The third-order valence-corrected chi connectivity index (χ3v) is 5.06. The number of hydrogen-bond acceptors (Lipinski definition) is 3. The van der Waals surface area contributed by atoms with Gasteiger partial charge in [-0.2, -0.15) is 5.10 Å². The zero-order chi connectivity index (χ0) is 20.2. The molecule has 2 aromatic carbocycles. The number of nitrogens with zero attached hydrogens (tertiary/aromatic N) is 4. The van der Waals surface area contributed by atoms with Gasteiger partial charge in [0.15, 0.2) is 5.82 Å². The molecule has 29 heavy (non-hydrogen) atoms. The summed E-state index contributed by atoms with van der Waals surface area (Å²) in [4.78, 5) is 9.46. The van der Waals surface area contributed by atoms with Gasteiger partial charge < -0.3 is 0 Å². The molecule has 2 heterocycles. The van der Waals surface area contributed by atoms with Crippen LogP contribution in [0.4, 0.5) is 0 Å². The van der Waals surface area contributed by atoms with E-state index in [1.165, 1.54) is 11.1 Å². The minimum atomic E-state index is 0.646. The lowest BCUT2D eigenvalue weighted by atomic mass is 10.1. The highest BCUT2D eigenvalue weighted by atomic mass is 35.5. The molecule has 0 atom stereocenters. The first kappa shape index (κ1) is 19.6. The lowest BCUT2D eigenvalue weighted by Gasteiger charge is -2.09. The van der Waals surface area contributed by atoms with Gasteiger partial charge in [0.2, 0.25) is 0 Å². The molecule has 0 spiro atoms. The smallest absolute Gasteiger partial charge is 0.159 e. The lowest BCUT2D eigenvalue weighted by Crippen LogP contribution is -2.02. The summed E-state index contributed by atoms with van der Waals surface area (Å²) in [7, 11) is 0. The monoisotopic (exact) mass is 422 g/mol. The van der Waals surface area contributed by atoms with Crippen LogP contribution in [0.25, 0.3) is 11.4 Å². The van der Waals surface area contributed by atoms with Crippen LogP contribution in [0.3, 0.4) is 0 Å². The minimum absolute atomic E-state index is 0.646. The molecule has 4 rings (SSSR count). The Balaban J connectivity index is 1.54. The maximum atomic E-state index is 6.14. The zero-order valence-electron chi connectivity index (χ0n) is 16.0. The summed E-state index contributed by atoms with van der Waals surface area (Å²) >= 11 is 12.1. The third kappa shape index (κ3) is 5.03. The van der Waals surface area contributed by atoms with Crippen LogP contribution in [-0.4, -0.2) is 19.7 Å². The molecule has 0 fully saturated rings. The first-order valence-corrected chi connectivity index (χ1v) is 10.2. The van der Waals surface area contributed by atoms with E-state index in [-0.39, 0.29) is 0 Å². The van der Waals surface area contributed by atoms with Crippen LogP contribution >= 0.6 is 23.2 Å². The van der Waals surface area contributed by atoms with Gasteiger partial charge in [-0.05, 0) is 35.7 Å². The molecule has 0 amide bonds. The van der Waals surface area contributed by atoms with E-state index >= 15 is 0 Å². The number of hydrogen-bond donors (Lipinski definition) is 0. The SMILES string of the molecule is CCc1cc(Cc2ccc(Cn3cc(Cl)cn3)cc2)nc(-c2cccc(Cl)c2)n1. The summed E-state index contributed by atoms with van der Waals surface area (Å²) < 4.78 is 1.83. The van der Waals surface area contributed by atoms with Crippen molar-refractivity contribution < 1.29 is 0 Å². The molecular formula is C23H20Cl2N4. The molecule has 0 saturated carbocycles. The van der Waals surface area contributed by atoms with Crippen molar-refractivity contribution in [3.05, 3.63) is 99.6 Å². The molecule has 146 valence electrons. The highest BCUT2D eigenvalue weighted by molar-refractivity contribution is 6.31. The molecule has 4 aromatic rings. The molecule has 0 bridgehead atoms. The summed E-state index contributed by atoms with van der Waals surface area (Å²) in [6.07, 6.45) is 5.07. The van der Waals surface area contributed by atoms with E-state index in [4.69, 9.17) is 28.2 Å². The van der Waals surface area contributed by atoms with Crippen LogP contribution < -0.4 is 0 Å². The number of aromatic nitrogens is 4. The largest absolute Gasteiger partial charge is 0.267 e. The van der Waals surface area contributed by atoms with Gasteiger partial charge in [0.05, 0.1) is 17.8 Å². The second kappa shape index (κ2) is 8.76. The number of aryl methyl sites for hydroxylation is 1. The molecule has 4 nitrogen and oxygen atoms in total. The summed E-state index contributed by atoms with van der Waals surface area (Å²) in [5.74, 6) is 0.717. The highest BCUT2D eigenvalue weighted by Crippen LogP contribution is 2.21. The van der Waals surface area contributed by atoms with E-state index in [0.29, 0.717) is 22.4 Å². The third-order valence-electron chi connectivity index (χ3n) is 4.63. The molecule has 0 N–H and O–H groups in total. The van der Waals surface area contributed by atoms with E-state index in [0.717, 1.165) is 29.8 Å². The summed E-state index contributed by atoms with van der Waals surface area (Å²) in [5, 5.41) is 5.55. The summed E-state index contributed by atoms with van der Waals surface area (Å²) in [6.45, 7) is 2.80. The van der Waals surface area contributed by atoms with E-state index in [1.54, 1.807) is 6.20 Å². The fourth-order valence-electron chi connectivity index (χ4n) is 3.17. The first-order valence-electron chi connectivity index (χ1n) is 9.47. The zero-order valence-corrected chi connectivity index (χ0v) is 17.5. The molecule has 0 aliphatic heterocycles. The topological polar surface area (TPSA) is 43.6 Å². The Morgan fingerprint density at radius 3 is 2.31 bits per heavy atom. The normalized spacial score (nSPS) is 11.0. The summed E-state index contributed by atoms with van der Waals surface area (Å²) in [6, 6.07) is 18.2. The van der Waals surface area contributed by atoms with Crippen molar-refractivity contribution in [2.24, 2.45) is 0 Å². The molecule has 0 radical (unpaired) electrons.